The van der Waals surface area contributed by atoms with Crippen LogP contribution in [0.2, 0.25) is 0 Å². The zero-order valence-corrected chi connectivity index (χ0v) is 11.7. The van der Waals surface area contributed by atoms with Crippen molar-refractivity contribution in [1.29, 1.82) is 0 Å². The van der Waals surface area contributed by atoms with Crippen LogP contribution in [-0.2, 0) is 9.59 Å². The molecule has 0 aromatic heterocycles. The number of rotatable bonds is 4. The highest BCUT2D eigenvalue weighted by atomic mass is 16.2. The fraction of sp³-hybridized carbons (Fsp3) is 0.846. The third kappa shape index (κ3) is 2.90. The molecule has 2 aliphatic rings. The molecule has 0 unspecified atom stereocenters. The standard InChI is InChI=1S/C13H24N4O2/c1-15-11(18)9-16-5-7-17(8-6-16)12(19)13(10-14)3-2-4-13/h2-10,14H2,1H3,(H,15,18). The largest absolute Gasteiger partial charge is 0.358 e. The van der Waals surface area contributed by atoms with E-state index in [9.17, 15) is 9.59 Å². The average molecular weight is 268 g/mol. The summed E-state index contributed by atoms with van der Waals surface area (Å²) in [5.41, 5.74) is 5.50. The van der Waals surface area contributed by atoms with E-state index in [1.165, 1.54) is 0 Å². The summed E-state index contributed by atoms with van der Waals surface area (Å²) in [5, 5.41) is 2.62. The molecule has 0 aromatic rings. The third-order valence-electron chi connectivity index (χ3n) is 4.46. The molecule has 2 amide bonds. The van der Waals surface area contributed by atoms with Crippen molar-refractivity contribution in [3.63, 3.8) is 0 Å². The molecule has 3 N–H and O–H groups in total. The van der Waals surface area contributed by atoms with E-state index in [0.29, 0.717) is 26.2 Å². The molecule has 1 saturated heterocycles. The second-order valence-corrected chi connectivity index (χ2v) is 5.58. The van der Waals surface area contributed by atoms with E-state index in [-0.39, 0.29) is 17.2 Å². The van der Waals surface area contributed by atoms with Crippen LogP contribution in [-0.4, -0.2) is 67.9 Å². The van der Waals surface area contributed by atoms with Gasteiger partial charge in [0.1, 0.15) is 0 Å². The molecule has 0 atom stereocenters. The normalized spacial score (nSPS) is 22.7. The molecular weight excluding hydrogens is 244 g/mol. The van der Waals surface area contributed by atoms with E-state index < -0.39 is 0 Å². The van der Waals surface area contributed by atoms with Crippen molar-refractivity contribution in [2.45, 2.75) is 19.3 Å². The van der Waals surface area contributed by atoms with Gasteiger partial charge in [-0.25, -0.2) is 0 Å². The van der Waals surface area contributed by atoms with Gasteiger partial charge < -0.3 is 16.0 Å². The van der Waals surface area contributed by atoms with Gasteiger partial charge in [-0.15, -0.1) is 0 Å². The van der Waals surface area contributed by atoms with E-state index >= 15 is 0 Å². The minimum Gasteiger partial charge on any atom is -0.358 e. The van der Waals surface area contributed by atoms with Gasteiger partial charge in [0.15, 0.2) is 0 Å². The lowest BCUT2D eigenvalue weighted by Crippen LogP contribution is -2.57. The monoisotopic (exact) mass is 268 g/mol. The molecule has 108 valence electrons. The maximum absolute atomic E-state index is 12.5. The van der Waals surface area contributed by atoms with Gasteiger partial charge in [0.05, 0.1) is 12.0 Å². The highest BCUT2D eigenvalue weighted by Crippen LogP contribution is 2.41. The first-order chi connectivity index (χ1) is 9.11. The smallest absolute Gasteiger partial charge is 0.233 e. The Morgan fingerprint density at radius 1 is 1.21 bits per heavy atom. The number of hydrogen-bond donors (Lipinski definition) is 2. The van der Waals surface area contributed by atoms with Crippen molar-refractivity contribution in [2.75, 3.05) is 46.3 Å². The fourth-order valence-corrected chi connectivity index (χ4v) is 2.84. The van der Waals surface area contributed by atoms with Gasteiger partial charge in [-0.3, -0.25) is 14.5 Å². The number of hydrogen-bond acceptors (Lipinski definition) is 4. The number of nitrogens with zero attached hydrogens (tertiary/aromatic N) is 2. The maximum Gasteiger partial charge on any atom is 0.233 e. The van der Waals surface area contributed by atoms with Gasteiger partial charge in [-0.1, -0.05) is 6.42 Å². The van der Waals surface area contributed by atoms with Crippen molar-refractivity contribution in [3.8, 4) is 0 Å². The van der Waals surface area contributed by atoms with Crippen molar-refractivity contribution in [3.05, 3.63) is 0 Å². The number of amides is 2. The van der Waals surface area contributed by atoms with Gasteiger partial charge in [0.2, 0.25) is 11.8 Å². The van der Waals surface area contributed by atoms with Gasteiger partial charge in [0, 0.05) is 39.8 Å². The van der Waals surface area contributed by atoms with Crippen molar-refractivity contribution < 1.29 is 9.59 Å². The minimum absolute atomic E-state index is 0.0252. The molecule has 6 nitrogen and oxygen atoms in total. The summed E-state index contributed by atoms with van der Waals surface area (Å²) in [7, 11) is 1.64. The van der Waals surface area contributed by atoms with Crippen LogP contribution in [0.3, 0.4) is 0 Å². The van der Waals surface area contributed by atoms with E-state index in [1.807, 2.05) is 4.90 Å². The van der Waals surface area contributed by atoms with E-state index in [0.717, 1.165) is 32.4 Å². The Labute approximate surface area is 114 Å². The molecule has 6 heteroatoms. The Morgan fingerprint density at radius 3 is 2.26 bits per heavy atom. The lowest BCUT2D eigenvalue weighted by atomic mass is 9.67. The second-order valence-electron chi connectivity index (χ2n) is 5.58. The van der Waals surface area contributed by atoms with Crippen molar-refractivity contribution in [1.82, 2.24) is 15.1 Å². The van der Waals surface area contributed by atoms with Gasteiger partial charge >= 0.3 is 0 Å². The lowest BCUT2D eigenvalue weighted by molar-refractivity contribution is -0.148. The quantitative estimate of drug-likeness (QED) is 0.686. The number of piperazine rings is 1. The summed E-state index contributed by atoms with van der Waals surface area (Å²) >= 11 is 0. The molecule has 1 aliphatic heterocycles. The molecule has 0 spiro atoms. The van der Waals surface area contributed by atoms with E-state index in [1.54, 1.807) is 7.05 Å². The summed E-state index contributed by atoms with van der Waals surface area (Å²) < 4.78 is 0. The number of nitrogens with one attached hydrogen (secondary N) is 1. The minimum atomic E-state index is -0.275. The van der Waals surface area contributed by atoms with Crippen LogP contribution in [0.5, 0.6) is 0 Å². The molecule has 0 bridgehead atoms. The Kier molecular flexibility index (Phi) is 4.42. The van der Waals surface area contributed by atoms with Crippen LogP contribution in [0.4, 0.5) is 0 Å². The summed E-state index contributed by atoms with van der Waals surface area (Å²) in [6, 6.07) is 0. The number of carbonyl (C=O) groups excluding carboxylic acids is 2. The first kappa shape index (κ1) is 14.3. The molecule has 19 heavy (non-hydrogen) atoms. The van der Waals surface area contributed by atoms with Crippen LogP contribution in [0.15, 0.2) is 0 Å². The molecule has 0 aromatic carbocycles. The molecular formula is C13H24N4O2. The van der Waals surface area contributed by atoms with E-state index in [4.69, 9.17) is 5.73 Å². The van der Waals surface area contributed by atoms with Gasteiger partial charge in [-0.2, -0.15) is 0 Å². The Bertz CT molecular complexity index is 341. The zero-order chi connectivity index (χ0) is 13.9. The molecule has 0 radical (unpaired) electrons. The third-order valence-corrected chi connectivity index (χ3v) is 4.46. The Morgan fingerprint density at radius 2 is 1.84 bits per heavy atom. The van der Waals surface area contributed by atoms with Gasteiger partial charge in [0.25, 0.3) is 0 Å². The van der Waals surface area contributed by atoms with Crippen LogP contribution in [0.25, 0.3) is 0 Å². The molecule has 2 fully saturated rings. The topological polar surface area (TPSA) is 78.7 Å². The van der Waals surface area contributed by atoms with Crippen molar-refractivity contribution in [2.24, 2.45) is 11.1 Å². The van der Waals surface area contributed by atoms with Crippen LogP contribution >= 0.6 is 0 Å². The molecule has 1 heterocycles. The van der Waals surface area contributed by atoms with Crippen LogP contribution in [0, 0.1) is 5.41 Å². The number of likely N-dealkylation sites (N-methyl/N-ethyl adjacent to an activating group) is 1. The second kappa shape index (κ2) is 5.88. The zero-order valence-electron chi connectivity index (χ0n) is 11.7. The lowest BCUT2D eigenvalue weighted by Gasteiger charge is -2.45. The number of nitrogens with two attached hydrogens (primary N) is 1. The molecule has 2 rings (SSSR count). The predicted octanol–water partition coefficient (Wildman–Crippen LogP) is -0.994. The average Bonchev–Trinajstić information content (AvgIpc) is 2.38. The highest BCUT2D eigenvalue weighted by molar-refractivity contribution is 5.84. The fourth-order valence-electron chi connectivity index (χ4n) is 2.84. The Hall–Kier alpha value is -1.14. The van der Waals surface area contributed by atoms with Gasteiger partial charge in [-0.05, 0) is 12.8 Å². The Balaban J connectivity index is 1.83. The van der Waals surface area contributed by atoms with Crippen LogP contribution < -0.4 is 11.1 Å². The highest BCUT2D eigenvalue weighted by Gasteiger charge is 2.45. The first-order valence-corrected chi connectivity index (χ1v) is 7.04. The van der Waals surface area contributed by atoms with E-state index in [2.05, 4.69) is 10.2 Å². The predicted molar refractivity (Wildman–Crippen MR) is 72.4 cm³/mol. The first-order valence-electron chi connectivity index (χ1n) is 7.04. The summed E-state index contributed by atoms with van der Waals surface area (Å²) in [6.07, 6.45) is 2.97. The summed E-state index contributed by atoms with van der Waals surface area (Å²) in [4.78, 5) is 27.8. The number of carbonyl (C=O) groups is 2. The van der Waals surface area contributed by atoms with Crippen molar-refractivity contribution >= 4 is 11.8 Å². The maximum atomic E-state index is 12.5. The summed E-state index contributed by atoms with van der Waals surface area (Å²) in [5.74, 6) is 0.248. The molecule has 1 saturated carbocycles. The SMILES string of the molecule is CNC(=O)CN1CCN(C(=O)C2(CN)CCC2)CC1. The molecule has 1 aliphatic carbocycles. The van der Waals surface area contributed by atoms with Crippen LogP contribution in [0.1, 0.15) is 19.3 Å². The summed E-state index contributed by atoms with van der Waals surface area (Å²) in [6.45, 7) is 3.82.